The van der Waals surface area contributed by atoms with Crippen LogP contribution >= 0.6 is 11.8 Å². The zero-order valence-electron chi connectivity index (χ0n) is 17.5. The minimum atomic E-state index is -0.991. The van der Waals surface area contributed by atoms with Crippen molar-refractivity contribution in [3.05, 3.63) is 94.8 Å². The van der Waals surface area contributed by atoms with E-state index in [2.05, 4.69) is 0 Å². The molecule has 3 aromatic rings. The topological polar surface area (TPSA) is 84.6 Å². The molecule has 32 heavy (non-hydrogen) atoms. The van der Waals surface area contributed by atoms with Gasteiger partial charge in [0, 0.05) is 12.3 Å². The van der Waals surface area contributed by atoms with Crippen LogP contribution in [0.3, 0.4) is 0 Å². The summed E-state index contributed by atoms with van der Waals surface area (Å²) in [6.07, 6.45) is -0.403. The van der Waals surface area contributed by atoms with Gasteiger partial charge in [-0.1, -0.05) is 42.5 Å². The second-order valence-corrected chi connectivity index (χ2v) is 9.06. The largest absolute Gasteiger partial charge is 0.478 e. The number of carboxylic acid groups (broad SMARTS) is 1. The van der Waals surface area contributed by atoms with Crippen molar-refractivity contribution in [1.82, 2.24) is 0 Å². The fraction of sp³-hybridized carbons (Fsp3) is 0.200. The van der Waals surface area contributed by atoms with Crippen LogP contribution in [0.5, 0.6) is 0 Å². The maximum absolute atomic E-state index is 14.7. The molecule has 0 saturated heterocycles. The molecule has 1 aliphatic heterocycles. The van der Waals surface area contributed by atoms with E-state index in [0.717, 1.165) is 16.7 Å². The smallest absolute Gasteiger partial charge is 0.335 e. The molecule has 5 nitrogen and oxygen atoms in total. The number of fused-ring (bicyclic) bond motifs is 1. The average molecular weight is 451 g/mol. The molecule has 7 heteroatoms. The summed E-state index contributed by atoms with van der Waals surface area (Å²) >= 11 is 1.31. The summed E-state index contributed by atoms with van der Waals surface area (Å²) in [5.74, 6) is -1.32. The third-order valence-electron chi connectivity index (χ3n) is 5.55. The molecule has 0 saturated carbocycles. The second-order valence-electron chi connectivity index (χ2n) is 7.81. The summed E-state index contributed by atoms with van der Waals surface area (Å²) in [7, 11) is 0. The van der Waals surface area contributed by atoms with E-state index in [4.69, 9.17) is 10.5 Å². The summed E-state index contributed by atoms with van der Waals surface area (Å²) < 4.78 is 14.7. The maximum atomic E-state index is 14.7. The number of aliphatic hydroxyl groups is 1. The minimum absolute atomic E-state index is 0.201. The Labute approximate surface area is 190 Å². The molecular formula is C25H23FN2O3S. The van der Waals surface area contributed by atoms with E-state index in [9.17, 15) is 14.3 Å². The van der Waals surface area contributed by atoms with Gasteiger partial charge in [0.05, 0.1) is 21.4 Å². The van der Waals surface area contributed by atoms with Crippen molar-refractivity contribution < 1.29 is 19.4 Å². The minimum Gasteiger partial charge on any atom is -0.478 e. The van der Waals surface area contributed by atoms with Gasteiger partial charge >= 0.3 is 5.97 Å². The van der Waals surface area contributed by atoms with Gasteiger partial charge in [-0.05, 0) is 54.3 Å². The lowest BCUT2D eigenvalue weighted by atomic mass is 10.0. The molecule has 2 atom stereocenters. The Morgan fingerprint density at radius 1 is 1.03 bits per heavy atom. The molecule has 1 heterocycles. The normalized spacial score (nSPS) is 17.7. The fourth-order valence-corrected chi connectivity index (χ4v) is 5.13. The Morgan fingerprint density at radius 2 is 1.66 bits per heavy atom. The quantitative estimate of drug-likeness (QED) is 0.463. The van der Waals surface area contributed by atoms with Crippen LogP contribution in [-0.4, -0.2) is 33.4 Å². The van der Waals surface area contributed by atoms with Crippen molar-refractivity contribution in [3.8, 4) is 0 Å². The molecule has 0 fully saturated rings. The zero-order valence-corrected chi connectivity index (χ0v) is 18.3. The zero-order chi connectivity index (χ0) is 22.8. The number of carbonyl (C=O) groups is 1. The summed E-state index contributed by atoms with van der Waals surface area (Å²) in [5.41, 5.74) is 3.97. The van der Waals surface area contributed by atoms with Crippen LogP contribution in [0.25, 0.3) is 0 Å². The Hall–Kier alpha value is -3.16. The van der Waals surface area contributed by atoms with Gasteiger partial charge in [-0.2, -0.15) is 0 Å². The van der Waals surface area contributed by atoms with E-state index in [1.807, 2.05) is 30.3 Å². The number of benzene rings is 3. The molecule has 0 radical (unpaired) electrons. The van der Waals surface area contributed by atoms with Gasteiger partial charge in [-0.3, -0.25) is 0 Å². The SMILES string of the molecule is CC(=N)c1ccc(CN2c3cccc(F)c3SC(Cc3ccc(C(=O)O)cc3)C2O)cc1. The van der Waals surface area contributed by atoms with Gasteiger partial charge in [0.25, 0.3) is 0 Å². The van der Waals surface area contributed by atoms with Crippen molar-refractivity contribution >= 4 is 29.1 Å². The molecule has 0 spiro atoms. The predicted octanol–water partition coefficient (Wildman–Crippen LogP) is 4.95. The van der Waals surface area contributed by atoms with Crippen molar-refractivity contribution in [1.29, 1.82) is 5.41 Å². The van der Waals surface area contributed by atoms with E-state index in [-0.39, 0.29) is 16.6 Å². The Kier molecular flexibility index (Phi) is 6.30. The second kappa shape index (κ2) is 9.14. The number of hydrogen-bond acceptors (Lipinski definition) is 5. The molecule has 3 aromatic carbocycles. The lowest BCUT2D eigenvalue weighted by Gasteiger charge is -2.40. The van der Waals surface area contributed by atoms with E-state index < -0.39 is 12.2 Å². The van der Waals surface area contributed by atoms with Crippen molar-refractivity contribution in [2.24, 2.45) is 0 Å². The third kappa shape index (κ3) is 4.54. The number of nitrogens with zero attached hydrogens (tertiary/aromatic N) is 1. The highest BCUT2D eigenvalue weighted by Crippen LogP contribution is 2.44. The van der Waals surface area contributed by atoms with Crippen LogP contribution in [-0.2, 0) is 13.0 Å². The Morgan fingerprint density at radius 3 is 2.28 bits per heavy atom. The predicted molar refractivity (Wildman–Crippen MR) is 124 cm³/mol. The lowest BCUT2D eigenvalue weighted by Crippen LogP contribution is -2.45. The van der Waals surface area contributed by atoms with Gasteiger partial charge in [-0.25, -0.2) is 9.18 Å². The summed E-state index contributed by atoms with van der Waals surface area (Å²) in [6.45, 7) is 2.12. The van der Waals surface area contributed by atoms with Crippen molar-refractivity contribution in [3.63, 3.8) is 0 Å². The van der Waals surface area contributed by atoms with Crippen LogP contribution in [0.2, 0.25) is 0 Å². The van der Waals surface area contributed by atoms with Crippen LogP contribution in [0.1, 0.15) is 34.0 Å². The van der Waals surface area contributed by atoms with E-state index >= 15 is 0 Å². The standard InChI is InChI=1S/C25H23FN2O3S/c1-15(27)18-9-7-17(8-10-18)14-28-21-4-2-3-20(26)23(21)32-22(24(28)29)13-16-5-11-19(12-6-16)25(30)31/h2-12,22,24,27,29H,13-14H2,1H3,(H,30,31). The van der Waals surface area contributed by atoms with Crippen LogP contribution in [0.4, 0.5) is 10.1 Å². The molecule has 2 unspecified atom stereocenters. The number of aromatic carboxylic acids is 1. The molecule has 164 valence electrons. The highest BCUT2D eigenvalue weighted by molar-refractivity contribution is 8.00. The highest BCUT2D eigenvalue weighted by atomic mass is 32.2. The van der Waals surface area contributed by atoms with Gasteiger partial charge in [0.15, 0.2) is 0 Å². The number of rotatable bonds is 6. The molecule has 4 rings (SSSR count). The first kappa shape index (κ1) is 22.0. The molecular weight excluding hydrogens is 427 g/mol. The van der Waals surface area contributed by atoms with E-state index in [1.165, 1.54) is 30.0 Å². The number of thioether (sulfide) groups is 1. The first-order valence-electron chi connectivity index (χ1n) is 10.2. The van der Waals surface area contributed by atoms with Crippen molar-refractivity contribution in [2.75, 3.05) is 4.90 Å². The van der Waals surface area contributed by atoms with Crippen LogP contribution in [0.15, 0.2) is 71.6 Å². The molecule has 0 aliphatic carbocycles. The first-order valence-corrected chi connectivity index (χ1v) is 11.1. The molecule has 0 bridgehead atoms. The number of hydrogen-bond donors (Lipinski definition) is 3. The average Bonchev–Trinajstić information content (AvgIpc) is 2.78. The summed E-state index contributed by atoms with van der Waals surface area (Å²) in [4.78, 5) is 13.4. The number of aliphatic hydroxyl groups excluding tert-OH is 1. The van der Waals surface area contributed by atoms with Gasteiger partial charge in [0.2, 0.25) is 0 Å². The van der Waals surface area contributed by atoms with E-state index in [0.29, 0.717) is 29.3 Å². The molecule has 3 N–H and O–H groups in total. The first-order chi connectivity index (χ1) is 15.3. The number of carboxylic acids is 1. The maximum Gasteiger partial charge on any atom is 0.335 e. The molecule has 1 aliphatic rings. The van der Waals surface area contributed by atoms with Crippen LogP contribution < -0.4 is 4.90 Å². The number of halogens is 1. The summed E-state index contributed by atoms with van der Waals surface area (Å²) in [6, 6.07) is 19.0. The van der Waals surface area contributed by atoms with Gasteiger partial charge < -0.3 is 20.5 Å². The van der Waals surface area contributed by atoms with Crippen LogP contribution in [0, 0.1) is 11.2 Å². The van der Waals surface area contributed by atoms with Crippen molar-refractivity contribution in [2.45, 2.75) is 36.3 Å². The Balaban J connectivity index is 1.62. The lowest BCUT2D eigenvalue weighted by molar-refractivity contribution is 0.0697. The van der Waals surface area contributed by atoms with Gasteiger partial charge in [-0.15, -0.1) is 11.8 Å². The number of nitrogens with one attached hydrogen (secondary N) is 1. The Bertz CT molecular complexity index is 1150. The van der Waals surface area contributed by atoms with Gasteiger partial charge in [0.1, 0.15) is 12.0 Å². The number of anilines is 1. The monoisotopic (exact) mass is 450 g/mol. The molecule has 0 aromatic heterocycles. The van der Waals surface area contributed by atoms with E-state index in [1.54, 1.807) is 30.0 Å². The fourth-order valence-electron chi connectivity index (χ4n) is 3.79. The highest BCUT2D eigenvalue weighted by Gasteiger charge is 2.35. The molecule has 0 amide bonds. The third-order valence-corrected chi connectivity index (χ3v) is 6.91. The summed E-state index contributed by atoms with van der Waals surface area (Å²) in [5, 5.41) is 27.7.